The molecule has 1 heterocycles. The molecular formula is C28H47N3O8. The molecule has 2 N–H and O–H groups in total. The zero-order chi connectivity index (χ0) is 29.5. The third-order valence-corrected chi connectivity index (χ3v) is 7.59. The molecule has 0 aromatic rings. The van der Waals surface area contributed by atoms with Crippen molar-refractivity contribution < 1.29 is 38.2 Å². The number of amides is 3. The van der Waals surface area contributed by atoms with Gasteiger partial charge in [0.25, 0.3) is 0 Å². The van der Waals surface area contributed by atoms with Gasteiger partial charge < -0.3 is 29.7 Å². The number of carbonyl (C=O) groups excluding carboxylic acids is 5. The number of nitrogens with zero attached hydrogens (tertiary/aromatic N) is 1. The van der Waals surface area contributed by atoms with Crippen LogP contribution in [0.25, 0.3) is 0 Å². The molecule has 3 amide bonds. The van der Waals surface area contributed by atoms with Crippen molar-refractivity contribution in [3.8, 4) is 0 Å². The Labute approximate surface area is 232 Å². The average Bonchev–Trinajstić information content (AvgIpc) is 3.16. The lowest BCUT2D eigenvalue weighted by molar-refractivity contribution is -0.147. The van der Waals surface area contributed by atoms with E-state index in [2.05, 4.69) is 31.4 Å². The summed E-state index contributed by atoms with van der Waals surface area (Å²) in [5.41, 5.74) is -0.900. The number of nitrogens with one attached hydrogen (secondary N) is 2. The number of unbranched alkanes of at least 4 members (excludes halogenated alkanes) is 2. The van der Waals surface area contributed by atoms with Crippen molar-refractivity contribution >= 4 is 29.8 Å². The Balaban J connectivity index is 2.24. The fourth-order valence-corrected chi connectivity index (χ4v) is 5.47. The molecule has 5 atom stereocenters. The number of rotatable bonds is 13. The van der Waals surface area contributed by atoms with Crippen LogP contribution in [0.2, 0.25) is 0 Å². The normalized spacial score (nSPS) is 22.7. The summed E-state index contributed by atoms with van der Waals surface area (Å²) in [4.78, 5) is 65.1. The molecule has 0 bridgehead atoms. The van der Waals surface area contributed by atoms with Crippen LogP contribution in [0.15, 0.2) is 0 Å². The summed E-state index contributed by atoms with van der Waals surface area (Å²) in [6, 6.07) is -2.56. The number of likely N-dealkylation sites (tertiary alicyclic amines) is 1. The van der Waals surface area contributed by atoms with Crippen LogP contribution >= 0.6 is 0 Å². The van der Waals surface area contributed by atoms with Crippen molar-refractivity contribution in [3.05, 3.63) is 0 Å². The van der Waals surface area contributed by atoms with Gasteiger partial charge in [0.15, 0.2) is 0 Å². The highest BCUT2D eigenvalue weighted by Gasteiger charge is 2.69. The number of ether oxygens (including phenoxy) is 3. The lowest BCUT2D eigenvalue weighted by Gasteiger charge is -2.34. The molecule has 39 heavy (non-hydrogen) atoms. The smallest absolute Gasteiger partial charge is 0.408 e. The van der Waals surface area contributed by atoms with Gasteiger partial charge in [0, 0.05) is 13.5 Å². The molecule has 2 rings (SSSR count). The predicted molar refractivity (Wildman–Crippen MR) is 143 cm³/mol. The third-order valence-electron chi connectivity index (χ3n) is 7.59. The van der Waals surface area contributed by atoms with E-state index >= 15 is 0 Å². The zero-order valence-corrected chi connectivity index (χ0v) is 24.8. The van der Waals surface area contributed by atoms with Crippen LogP contribution < -0.4 is 10.6 Å². The highest BCUT2D eigenvalue weighted by Crippen LogP contribution is 2.64. The highest BCUT2D eigenvalue weighted by molar-refractivity contribution is 5.94. The van der Waals surface area contributed by atoms with Gasteiger partial charge in [-0.2, -0.15) is 0 Å². The molecule has 1 aliphatic heterocycles. The SMILES string of the molecule is CCCCC[C@H](NC(=O)[C@@H]1[C@@H]2[C@H](CN1C(=O)[C@H](CCCOC(C)=O)NC(=O)OC(C)(C)C)C2(C)C)C(=O)OC. The van der Waals surface area contributed by atoms with Gasteiger partial charge >= 0.3 is 18.0 Å². The van der Waals surface area contributed by atoms with Crippen molar-refractivity contribution in [2.45, 2.75) is 111 Å². The molecule has 0 aromatic carbocycles. The van der Waals surface area contributed by atoms with E-state index in [9.17, 15) is 24.0 Å². The number of hydrogen-bond donors (Lipinski definition) is 2. The van der Waals surface area contributed by atoms with E-state index in [4.69, 9.17) is 14.2 Å². The van der Waals surface area contributed by atoms with E-state index in [1.807, 2.05) is 0 Å². The molecule has 11 heteroatoms. The molecule has 1 saturated heterocycles. The summed E-state index contributed by atoms with van der Waals surface area (Å²) < 4.78 is 15.3. The lowest BCUT2D eigenvalue weighted by atomic mass is 9.98. The van der Waals surface area contributed by atoms with Crippen LogP contribution in [0, 0.1) is 17.3 Å². The molecule has 0 spiro atoms. The molecule has 0 aromatic heterocycles. The first kappa shape index (κ1) is 32.4. The number of carbonyl (C=O) groups is 5. The van der Waals surface area contributed by atoms with E-state index in [-0.39, 0.29) is 30.3 Å². The van der Waals surface area contributed by atoms with Gasteiger partial charge in [-0.3, -0.25) is 14.4 Å². The predicted octanol–water partition coefficient (Wildman–Crippen LogP) is 2.94. The maximum atomic E-state index is 13.8. The number of alkyl carbamates (subject to hydrolysis) is 1. The van der Waals surface area contributed by atoms with Crippen molar-refractivity contribution in [1.82, 2.24) is 15.5 Å². The first-order chi connectivity index (χ1) is 18.1. The van der Waals surface area contributed by atoms with Gasteiger partial charge in [-0.1, -0.05) is 40.0 Å². The highest BCUT2D eigenvalue weighted by atomic mass is 16.6. The summed E-state index contributed by atoms with van der Waals surface area (Å²) in [6.07, 6.45) is 2.86. The minimum Gasteiger partial charge on any atom is -0.467 e. The molecule has 2 aliphatic rings. The van der Waals surface area contributed by atoms with Crippen LogP contribution in [0.4, 0.5) is 4.79 Å². The van der Waals surface area contributed by atoms with Gasteiger partial charge in [0.1, 0.15) is 23.7 Å². The molecule has 2 fully saturated rings. The van der Waals surface area contributed by atoms with Crippen LogP contribution in [-0.2, 0) is 33.4 Å². The lowest BCUT2D eigenvalue weighted by Crippen LogP contribution is -2.57. The molecule has 1 saturated carbocycles. The Morgan fingerprint density at radius 3 is 2.21 bits per heavy atom. The molecule has 222 valence electrons. The third kappa shape index (κ3) is 8.83. The monoisotopic (exact) mass is 553 g/mol. The fraction of sp³-hybridized carbons (Fsp3) is 0.821. The van der Waals surface area contributed by atoms with Crippen LogP contribution in [0.3, 0.4) is 0 Å². The summed E-state index contributed by atoms with van der Waals surface area (Å²) in [5.74, 6) is -1.71. The zero-order valence-electron chi connectivity index (χ0n) is 24.8. The minimum absolute atomic E-state index is 0.0707. The van der Waals surface area contributed by atoms with Gasteiger partial charge in [-0.25, -0.2) is 9.59 Å². The van der Waals surface area contributed by atoms with Crippen LogP contribution in [-0.4, -0.2) is 78.7 Å². The van der Waals surface area contributed by atoms with Crippen molar-refractivity contribution in [3.63, 3.8) is 0 Å². The molecule has 0 radical (unpaired) electrons. The summed E-state index contributed by atoms with van der Waals surface area (Å²) in [5, 5.41) is 5.50. The Bertz CT molecular complexity index is 913. The largest absolute Gasteiger partial charge is 0.467 e. The quantitative estimate of drug-likeness (QED) is 0.202. The van der Waals surface area contributed by atoms with E-state index < -0.39 is 53.6 Å². The first-order valence-electron chi connectivity index (χ1n) is 14.0. The van der Waals surface area contributed by atoms with Gasteiger partial charge in [-0.05, 0) is 57.3 Å². The molecule has 0 unspecified atom stereocenters. The number of esters is 2. The Morgan fingerprint density at radius 2 is 1.64 bits per heavy atom. The maximum Gasteiger partial charge on any atom is 0.408 e. The van der Waals surface area contributed by atoms with E-state index in [1.165, 1.54) is 18.9 Å². The average molecular weight is 554 g/mol. The Hall–Kier alpha value is -2.85. The van der Waals surface area contributed by atoms with Crippen molar-refractivity contribution in [1.29, 1.82) is 0 Å². The maximum absolute atomic E-state index is 13.8. The minimum atomic E-state index is -0.979. The molecule has 1 aliphatic carbocycles. The van der Waals surface area contributed by atoms with E-state index in [1.54, 1.807) is 20.8 Å². The molecular weight excluding hydrogens is 506 g/mol. The standard InChI is InChI=1S/C28H47N3O8/c1-9-10-11-13-20(25(35)37-8)29-23(33)22-21-18(28(21,6)7)16-31(22)24(34)19(14-12-15-38-17(2)32)30-26(36)39-27(3,4)5/h18-22H,9-16H2,1-8H3,(H,29,33)(H,30,36)/t18-,19-,20-,21-,22-/m0/s1. The van der Waals surface area contributed by atoms with Crippen molar-refractivity contribution in [2.24, 2.45) is 17.3 Å². The summed E-state index contributed by atoms with van der Waals surface area (Å²) in [7, 11) is 1.29. The summed E-state index contributed by atoms with van der Waals surface area (Å²) in [6.45, 7) is 13.1. The van der Waals surface area contributed by atoms with Crippen LogP contribution in [0.1, 0.15) is 87.0 Å². The second kappa shape index (κ2) is 13.5. The van der Waals surface area contributed by atoms with E-state index in [0.717, 1.165) is 19.3 Å². The van der Waals surface area contributed by atoms with Crippen LogP contribution in [0.5, 0.6) is 0 Å². The summed E-state index contributed by atoms with van der Waals surface area (Å²) >= 11 is 0. The van der Waals surface area contributed by atoms with Gasteiger partial charge in [0.2, 0.25) is 11.8 Å². The van der Waals surface area contributed by atoms with Gasteiger partial charge in [0.05, 0.1) is 13.7 Å². The Kier molecular flexibility index (Phi) is 11.2. The van der Waals surface area contributed by atoms with E-state index in [0.29, 0.717) is 19.4 Å². The van der Waals surface area contributed by atoms with Gasteiger partial charge in [-0.15, -0.1) is 0 Å². The topological polar surface area (TPSA) is 140 Å². The number of hydrogen-bond acceptors (Lipinski definition) is 8. The number of piperidine rings is 1. The molecule has 11 nitrogen and oxygen atoms in total. The first-order valence-corrected chi connectivity index (χ1v) is 14.0. The fourth-order valence-electron chi connectivity index (χ4n) is 5.47. The second-order valence-electron chi connectivity index (χ2n) is 12.2. The van der Waals surface area contributed by atoms with Crippen molar-refractivity contribution in [2.75, 3.05) is 20.3 Å². The Morgan fingerprint density at radius 1 is 1.00 bits per heavy atom. The number of methoxy groups -OCH3 is 1. The number of fused-ring (bicyclic) bond motifs is 1. The second-order valence-corrected chi connectivity index (χ2v) is 12.2.